The summed E-state index contributed by atoms with van der Waals surface area (Å²) in [6.07, 6.45) is -0.547. The smallest absolute Gasteiger partial charge is 0.261 e. The van der Waals surface area contributed by atoms with E-state index in [2.05, 4.69) is 56.3 Å². The Morgan fingerprint density at radius 3 is 2.50 bits per heavy atom. The Labute approximate surface area is 175 Å². The van der Waals surface area contributed by atoms with Crippen LogP contribution in [0.4, 0.5) is 0 Å². The topological polar surface area (TPSA) is 44.8 Å². The van der Waals surface area contributed by atoms with E-state index >= 15 is 0 Å². The molecule has 1 atom stereocenters. The van der Waals surface area contributed by atoms with Crippen LogP contribution in [-0.4, -0.2) is 55.0 Å². The molecule has 2 aromatic carbocycles. The lowest BCUT2D eigenvalue weighted by Gasteiger charge is -2.32. The maximum atomic E-state index is 12.4. The van der Waals surface area contributed by atoms with E-state index in [-0.39, 0.29) is 5.91 Å². The number of amides is 1. The molecule has 1 aliphatic heterocycles. The van der Waals surface area contributed by atoms with Crippen molar-refractivity contribution in [2.45, 2.75) is 26.1 Å². The van der Waals surface area contributed by atoms with Crippen molar-refractivity contribution < 1.29 is 9.53 Å². The third-order valence-corrected chi connectivity index (χ3v) is 5.48. The van der Waals surface area contributed by atoms with Gasteiger partial charge in [-0.2, -0.15) is 0 Å². The van der Waals surface area contributed by atoms with Crippen molar-refractivity contribution in [2.75, 3.05) is 33.2 Å². The molecule has 6 heteroatoms. The van der Waals surface area contributed by atoms with Crippen LogP contribution in [0.3, 0.4) is 0 Å². The van der Waals surface area contributed by atoms with Gasteiger partial charge in [0.25, 0.3) is 5.91 Å². The molecular formula is C22H28BrN3O2. The number of nitrogens with one attached hydrogen (secondary N) is 1. The van der Waals surface area contributed by atoms with E-state index < -0.39 is 6.10 Å². The molecule has 2 aromatic rings. The van der Waals surface area contributed by atoms with Gasteiger partial charge < -0.3 is 15.0 Å². The van der Waals surface area contributed by atoms with Crippen molar-refractivity contribution in [3.63, 3.8) is 0 Å². The number of nitrogens with zero attached hydrogens (tertiary/aromatic N) is 2. The molecule has 5 nitrogen and oxygen atoms in total. The van der Waals surface area contributed by atoms with Crippen LogP contribution in [-0.2, 0) is 17.9 Å². The van der Waals surface area contributed by atoms with Crippen LogP contribution in [0.1, 0.15) is 18.1 Å². The average Bonchev–Trinajstić information content (AvgIpc) is 2.70. The highest BCUT2D eigenvalue weighted by molar-refractivity contribution is 9.10. The second-order valence-electron chi connectivity index (χ2n) is 7.33. The third kappa shape index (κ3) is 6.33. The lowest BCUT2D eigenvalue weighted by atomic mass is 10.1. The summed E-state index contributed by atoms with van der Waals surface area (Å²) in [6.45, 7) is 7.66. The summed E-state index contributed by atoms with van der Waals surface area (Å²) in [7, 11) is 2.17. The Balaban J connectivity index is 1.48. The van der Waals surface area contributed by atoms with Gasteiger partial charge in [-0.3, -0.25) is 9.69 Å². The summed E-state index contributed by atoms with van der Waals surface area (Å²) in [4.78, 5) is 17.2. The summed E-state index contributed by atoms with van der Waals surface area (Å²) in [5, 5.41) is 2.97. The van der Waals surface area contributed by atoms with Crippen LogP contribution in [0.15, 0.2) is 53.0 Å². The first-order valence-corrected chi connectivity index (χ1v) is 10.5. The second kappa shape index (κ2) is 10.0. The number of likely N-dealkylation sites (N-methyl/N-ethyl adjacent to an activating group) is 1. The minimum atomic E-state index is -0.547. The van der Waals surface area contributed by atoms with Crippen molar-refractivity contribution in [1.82, 2.24) is 15.1 Å². The van der Waals surface area contributed by atoms with Crippen LogP contribution in [0.25, 0.3) is 0 Å². The number of benzene rings is 2. The third-order valence-electron chi connectivity index (χ3n) is 4.96. The normalized spacial score (nSPS) is 16.5. The molecule has 0 aliphatic carbocycles. The molecule has 0 bridgehead atoms. The summed E-state index contributed by atoms with van der Waals surface area (Å²) in [5.74, 6) is 0.562. The van der Waals surface area contributed by atoms with Gasteiger partial charge in [0, 0.05) is 43.7 Å². The Morgan fingerprint density at radius 2 is 1.79 bits per heavy atom. The van der Waals surface area contributed by atoms with E-state index in [1.807, 2.05) is 30.3 Å². The number of halogens is 1. The number of piperazine rings is 1. The van der Waals surface area contributed by atoms with E-state index in [9.17, 15) is 4.79 Å². The molecule has 0 saturated carbocycles. The van der Waals surface area contributed by atoms with Gasteiger partial charge in [-0.05, 0) is 49.4 Å². The first kappa shape index (κ1) is 20.8. The lowest BCUT2D eigenvalue weighted by Crippen LogP contribution is -2.43. The van der Waals surface area contributed by atoms with Crippen LogP contribution in [0, 0.1) is 0 Å². The standard InChI is InChI=1S/C22H28BrN3O2/c1-17(28-21-8-6-20(23)7-9-21)22(27)24-15-18-4-3-5-19(14-18)16-26-12-10-25(2)11-13-26/h3-9,14,17H,10-13,15-16H2,1-2H3,(H,24,27). The molecule has 1 heterocycles. The van der Waals surface area contributed by atoms with Gasteiger partial charge in [-0.15, -0.1) is 0 Å². The van der Waals surface area contributed by atoms with Gasteiger partial charge in [0.2, 0.25) is 0 Å². The zero-order valence-electron chi connectivity index (χ0n) is 16.5. The highest BCUT2D eigenvalue weighted by atomic mass is 79.9. The summed E-state index contributed by atoms with van der Waals surface area (Å²) < 4.78 is 6.69. The van der Waals surface area contributed by atoms with Crippen molar-refractivity contribution in [3.05, 3.63) is 64.1 Å². The van der Waals surface area contributed by atoms with Gasteiger partial charge in [-0.1, -0.05) is 40.2 Å². The Morgan fingerprint density at radius 1 is 1.11 bits per heavy atom. The first-order chi connectivity index (χ1) is 13.5. The first-order valence-electron chi connectivity index (χ1n) is 9.68. The predicted octanol–water partition coefficient (Wildman–Crippen LogP) is 3.28. The van der Waals surface area contributed by atoms with Crippen molar-refractivity contribution in [1.29, 1.82) is 0 Å². The molecular weight excluding hydrogens is 418 g/mol. The van der Waals surface area contributed by atoms with Crippen molar-refractivity contribution >= 4 is 21.8 Å². The molecule has 1 fully saturated rings. The van der Waals surface area contributed by atoms with Crippen LogP contribution >= 0.6 is 15.9 Å². The largest absolute Gasteiger partial charge is 0.481 e. The minimum Gasteiger partial charge on any atom is -0.481 e. The van der Waals surface area contributed by atoms with Crippen molar-refractivity contribution in [3.8, 4) is 5.75 Å². The molecule has 1 N–H and O–H groups in total. The molecule has 28 heavy (non-hydrogen) atoms. The summed E-state index contributed by atoms with van der Waals surface area (Å²) in [6, 6.07) is 15.9. The van der Waals surface area contributed by atoms with Gasteiger partial charge in [-0.25, -0.2) is 0 Å². The monoisotopic (exact) mass is 445 g/mol. The van der Waals surface area contributed by atoms with Crippen molar-refractivity contribution in [2.24, 2.45) is 0 Å². The van der Waals surface area contributed by atoms with E-state index in [1.165, 1.54) is 5.56 Å². The van der Waals surface area contributed by atoms with E-state index in [0.29, 0.717) is 12.3 Å². The number of ether oxygens (including phenoxy) is 1. The maximum absolute atomic E-state index is 12.4. The molecule has 0 aromatic heterocycles. The SMILES string of the molecule is CC(Oc1ccc(Br)cc1)C(=O)NCc1cccc(CN2CCN(C)CC2)c1. The number of hydrogen-bond donors (Lipinski definition) is 1. The van der Waals surface area contributed by atoms with Crippen LogP contribution in [0.2, 0.25) is 0 Å². The summed E-state index contributed by atoms with van der Waals surface area (Å²) in [5.41, 5.74) is 2.39. The van der Waals surface area contributed by atoms with E-state index in [1.54, 1.807) is 6.92 Å². The average molecular weight is 446 g/mol. The number of carbonyl (C=O) groups is 1. The molecule has 1 saturated heterocycles. The van der Waals surface area contributed by atoms with Gasteiger partial charge in [0.15, 0.2) is 6.10 Å². The molecule has 1 unspecified atom stereocenters. The lowest BCUT2D eigenvalue weighted by molar-refractivity contribution is -0.127. The fraction of sp³-hybridized carbons (Fsp3) is 0.409. The predicted molar refractivity (Wildman–Crippen MR) is 115 cm³/mol. The van der Waals surface area contributed by atoms with Gasteiger partial charge in [0.05, 0.1) is 0 Å². The van der Waals surface area contributed by atoms with Gasteiger partial charge in [0.1, 0.15) is 5.75 Å². The zero-order chi connectivity index (χ0) is 19.9. The van der Waals surface area contributed by atoms with E-state index in [4.69, 9.17) is 4.74 Å². The molecule has 0 spiro atoms. The molecule has 1 amide bonds. The molecule has 3 rings (SSSR count). The highest BCUT2D eigenvalue weighted by Gasteiger charge is 2.15. The fourth-order valence-corrected chi connectivity index (χ4v) is 3.47. The Kier molecular flexibility index (Phi) is 7.48. The van der Waals surface area contributed by atoms with E-state index in [0.717, 1.165) is 42.8 Å². The molecule has 0 radical (unpaired) electrons. The minimum absolute atomic E-state index is 0.118. The summed E-state index contributed by atoms with van der Waals surface area (Å²) >= 11 is 3.39. The number of hydrogen-bond acceptors (Lipinski definition) is 4. The van der Waals surface area contributed by atoms with Gasteiger partial charge >= 0.3 is 0 Å². The highest BCUT2D eigenvalue weighted by Crippen LogP contribution is 2.17. The Hall–Kier alpha value is -1.89. The molecule has 1 aliphatic rings. The number of carbonyl (C=O) groups excluding carboxylic acids is 1. The zero-order valence-corrected chi connectivity index (χ0v) is 18.1. The quantitative estimate of drug-likeness (QED) is 0.709. The Bertz CT molecular complexity index is 774. The number of rotatable bonds is 7. The maximum Gasteiger partial charge on any atom is 0.261 e. The van der Waals surface area contributed by atoms with Crippen LogP contribution < -0.4 is 10.1 Å². The molecule has 150 valence electrons. The fourth-order valence-electron chi connectivity index (χ4n) is 3.21. The second-order valence-corrected chi connectivity index (χ2v) is 8.25. The van der Waals surface area contributed by atoms with Crippen LogP contribution in [0.5, 0.6) is 5.75 Å².